The van der Waals surface area contributed by atoms with Crippen molar-refractivity contribution in [2.75, 3.05) is 0 Å². The lowest BCUT2D eigenvalue weighted by atomic mass is 10.0. The van der Waals surface area contributed by atoms with Gasteiger partial charge in [-0.2, -0.15) is 0 Å². The Kier molecular flexibility index (Phi) is 11.3. The summed E-state index contributed by atoms with van der Waals surface area (Å²) in [5, 5.41) is 17.5. The molecule has 0 aliphatic rings. The smallest absolute Gasteiger partial charge is 0.326 e. The second kappa shape index (κ2) is 15.1. The van der Waals surface area contributed by atoms with Crippen molar-refractivity contribution in [1.82, 2.24) is 20.9 Å². The number of aromatic nitrogens is 1. The SMILES string of the molecule is NC(=O)CCC(NC(=O)C(CC(N)=O)NC(=O)C(Cc1c[nH]c2ccccc12)NC(=O)C(N)Cc1ccccc1)C(=O)O. The van der Waals surface area contributed by atoms with Gasteiger partial charge in [0.2, 0.25) is 29.5 Å². The summed E-state index contributed by atoms with van der Waals surface area (Å²) in [7, 11) is 0. The zero-order chi connectivity index (χ0) is 31.5. The van der Waals surface area contributed by atoms with Gasteiger partial charge in [0.05, 0.1) is 12.5 Å². The van der Waals surface area contributed by atoms with Crippen molar-refractivity contribution in [3.63, 3.8) is 0 Å². The molecule has 0 aliphatic carbocycles. The highest BCUT2D eigenvalue weighted by Crippen LogP contribution is 2.19. The van der Waals surface area contributed by atoms with Crippen molar-refractivity contribution >= 4 is 46.4 Å². The third kappa shape index (κ3) is 9.67. The van der Waals surface area contributed by atoms with Crippen LogP contribution < -0.4 is 33.2 Å². The van der Waals surface area contributed by atoms with E-state index < -0.39 is 66.1 Å². The molecule has 0 fully saturated rings. The zero-order valence-corrected chi connectivity index (χ0v) is 23.2. The van der Waals surface area contributed by atoms with Gasteiger partial charge < -0.3 is 43.2 Å². The van der Waals surface area contributed by atoms with Crippen LogP contribution in [0.25, 0.3) is 10.9 Å². The molecule has 5 amide bonds. The maximum atomic E-state index is 13.6. The van der Waals surface area contributed by atoms with Gasteiger partial charge in [0, 0.05) is 29.9 Å². The van der Waals surface area contributed by atoms with E-state index in [-0.39, 0.29) is 25.7 Å². The van der Waals surface area contributed by atoms with E-state index in [0.29, 0.717) is 5.56 Å². The topological polar surface area (TPSA) is 253 Å². The molecule has 0 saturated heterocycles. The van der Waals surface area contributed by atoms with E-state index in [1.807, 2.05) is 42.5 Å². The number of carbonyl (C=O) groups excluding carboxylic acids is 5. The molecule has 14 heteroatoms. The molecule has 43 heavy (non-hydrogen) atoms. The van der Waals surface area contributed by atoms with E-state index in [0.717, 1.165) is 16.5 Å². The maximum Gasteiger partial charge on any atom is 0.326 e. The van der Waals surface area contributed by atoms with E-state index in [2.05, 4.69) is 20.9 Å². The van der Waals surface area contributed by atoms with E-state index in [1.165, 1.54) is 0 Å². The number of H-pyrrole nitrogens is 1. The molecule has 11 N–H and O–H groups in total. The Morgan fingerprint density at radius 2 is 1.35 bits per heavy atom. The fraction of sp³-hybridized carbons (Fsp3) is 0.310. The Morgan fingerprint density at radius 1 is 0.744 bits per heavy atom. The van der Waals surface area contributed by atoms with Crippen LogP contribution in [0.3, 0.4) is 0 Å². The van der Waals surface area contributed by atoms with Crippen LogP contribution in [0, 0.1) is 0 Å². The Morgan fingerprint density at radius 3 is 2.00 bits per heavy atom. The Bertz CT molecular complexity index is 1470. The first-order valence-corrected chi connectivity index (χ1v) is 13.5. The van der Waals surface area contributed by atoms with Crippen molar-refractivity contribution in [1.29, 1.82) is 0 Å². The highest BCUT2D eigenvalue weighted by atomic mass is 16.4. The van der Waals surface area contributed by atoms with E-state index in [1.54, 1.807) is 18.3 Å². The van der Waals surface area contributed by atoms with Gasteiger partial charge in [0.25, 0.3) is 0 Å². The average molecular weight is 594 g/mol. The minimum atomic E-state index is -1.58. The molecule has 0 spiro atoms. The molecule has 0 radical (unpaired) electrons. The average Bonchev–Trinajstić information content (AvgIpc) is 3.37. The molecule has 3 aromatic rings. The van der Waals surface area contributed by atoms with Crippen molar-refractivity contribution in [3.05, 3.63) is 71.9 Å². The van der Waals surface area contributed by atoms with E-state index >= 15 is 0 Å². The molecule has 2 aromatic carbocycles. The predicted molar refractivity (Wildman–Crippen MR) is 156 cm³/mol. The van der Waals surface area contributed by atoms with Gasteiger partial charge in [-0.25, -0.2) is 4.79 Å². The van der Waals surface area contributed by atoms with E-state index in [9.17, 15) is 33.9 Å². The van der Waals surface area contributed by atoms with Gasteiger partial charge in [0.15, 0.2) is 0 Å². The standard InChI is InChI=1S/C29H35N7O7/c30-19(12-16-6-2-1-3-7-16)26(39)35-22(13-17-15-33-20-9-5-4-8-18(17)20)27(40)36-23(14-25(32)38)28(41)34-21(29(42)43)10-11-24(31)37/h1-9,15,19,21-23,33H,10-14,30H2,(H2,31,37)(H2,32,38)(H,34,41)(H,35,39)(H,36,40)(H,42,43). The van der Waals surface area contributed by atoms with Gasteiger partial charge >= 0.3 is 5.97 Å². The number of amides is 5. The summed E-state index contributed by atoms with van der Waals surface area (Å²) >= 11 is 0. The number of carboxylic acid groups (broad SMARTS) is 1. The second-order valence-corrected chi connectivity index (χ2v) is 10.1. The number of aromatic amines is 1. The highest BCUT2D eigenvalue weighted by Gasteiger charge is 2.32. The van der Waals surface area contributed by atoms with Gasteiger partial charge in [-0.05, 0) is 30.0 Å². The molecule has 14 nitrogen and oxygen atoms in total. The molecule has 4 unspecified atom stereocenters. The number of para-hydroxylation sites is 1. The molecule has 4 atom stereocenters. The number of carbonyl (C=O) groups is 6. The normalized spacial score (nSPS) is 13.7. The first-order valence-electron chi connectivity index (χ1n) is 13.5. The second-order valence-electron chi connectivity index (χ2n) is 10.1. The maximum absolute atomic E-state index is 13.6. The molecule has 1 aromatic heterocycles. The first-order chi connectivity index (χ1) is 20.4. The van der Waals surface area contributed by atoms with Gasteiger partial charge in [-0.15, -0.1) is 0 Å². The third-order valence-corrected chi connectivity index (χ3v) is 6.70. The number of nitrogens with two attached hydrogens (primary N) is 3. The Hall–Kier alpha value is -5.24. The quantitative estimate of drug-likeness (QED) is 0.102. The number of benzene rings is 2. The largest absolute Gasteiger partial charge is 0.480 e. The summed E-state index contributed by atoms with van der Waals surface area (Å²) in [6.45, 7) is 0. The zero-order valence-electron chi connectivity index (χ0n) is 23.2. The van der Waals surface area contributed by atoms with Crippen molar-refractivity contribution in [3.8, 4) is 0 Å². The summed E-state index contributed by atoms with van der Waals surface area (Å²) < 4.78 is 0. The summed E-state index contributed by atoms with van der Waals surface area (Å²) in [4.78, 5) is 77.3. The number of nitrogens with one attached hydrogen (secondary N) is 4. The number of carboxylic acids is 1. The fourth-order valence-corrected chi connectivity index (χ4v) is 4.47. The fourth-order valence-electron chi connectivity index (χ4n) is 4.47. The van der Waals surface area contributed by atoms with Gasteiger partial charge in [-0.3, -0.25) is 24.0 Å². The Labute approximate surface area is 246 Å². The lowest BCUT2D eigenvalue weighted by Crippen LogP contribution is -2.58. The van der Waals surface area contributed by atoms with Gasteiger partial charge in [-0.1, -0.05) is 48.5 Å². The number of primary amides is 2. The summed E-state index contributed by atoms with van der Waals surface area (Å²) in [5.74, 6) is -5.67. The van der Waals surface area contributed by atoms with Crippen molar-refractivity contribution in [2.24, 2.45) is 17.2 Å². The minimum absolute atomic E-state index is 0.0130. The molecule has 0 aliphatic heterocycles. The monoisotopic (exact) mass is 593 g/mol. The van der Waals surface area contributed by atoms with Crippen molar-refractivity contribution < 1.29 is 33.9 Å². The summed E-state index contributed by atoms with van der Waals surface area (Å²) in [5.41, 5.74) is 18.8. The van der Waals surface area contributed by atoms with Crippen LogP contribution in [-0.4, -0.2) is 69.8 Å². The van der Waals surface area contributed by atoms with Gasteiger partial charge in [0.1, 0.15) is 18.1 Å². The van der Waals surface area contributed by atoms with Crippen LogP contribution in [0.5, 0.6) is 0 Å². The summed E-state index contributed by atoms with van der Waals surface area (Å²) in [6, 6.07) is 11.0. The molecule has 0 saturated carbocycles. The van der Waals surface area contributed by atoms with Crippen LogP contribution in [0.1, 0.15) is 30.4 Å². The number of aliphatic carboxylic acids is 1. The molecular weight excluding hydrogens is 558 g/mol. The van der Waals surface area contributed by atoms with Crippen LogP contribution in [-0.2, 0) is 41.6 Å². The predicted octanol–water partition coefficient (Wildman–Crippen LogP) is -1.04. The minimum Gasteiger partial charge on any atom is -0.480 e. The number of hydrogen-bond donors (Lipinski definition) is 8. The summed E-state index contributed by atoms with van der Waals surface area (Å²) in [6.07, 6.45) is 0.563. The molecule has 228 valence electrons. The molecule has 1 heterocycles. The van der Waals surface area contributed by atoms with Crippen LogP contribution in [0.2, 0.25) is 0 Å². The molecular formula is C29H35N7O7. The third-order valence-electron chi connectivity index (χ3n) is 6.70. The number of rotatable bonds is 16. The van der Waals surface area contributed by atoms with Crippen LogP contribution in [0.15, 0.2) is 60.8 Å². The number of fused-ring (bicyclic) bond motifs is 1. The highest BCUT2D eigenvalue weighted by molar-refractivity contribution is 5.96. The molecule has 0 bridgehead atoms. The molecule has 3 rings (SSSR count). The number of hydrogen-bond acceptors (Lipinski definition) is 7. The van der Waals surface area contributed by atoms with Crippen molar-refractivity contribution in [2.45, 2.75) is 56.3 Å². The lowest BCUT2D eigenvalue weighted by Gasteiger charge is -2.25. The lowest BCUT2D eigenvalue weighted by molar-refractivity contribution is -0.142. The van der Waals surface area contributed by atoms with E-state index in [4.69, 9.17) is 17.2 Å². The van der Waals surface area contributed by atoms with Crippen LogP contribution in [0.4, 0.5) is 0 Å². The van der Waals surface area contributed by atoms with Crippen LogP contribution >= 0.6 is 0 Å². The Balaban J connectivity index is 1.82. The first kappa shape index (κ1) is 32.3.